The number of aryl methyl sites for hydroxylation is 1. The fraction of sp³-hybridized carbons (Fsp3) is 0.400. The monoisotopic (exact) mass is 404 g/mol. The van der Waals surface area contributed by atoms with Crippen molar-refractivity contribution in [3.8, 4) is 0 Å². The third-order valence-corrected chi connectivity index (χ3v) is 7.73. The molecule has 2 saturated carbocycles. The van der Waals surface area contributed by atoms with Crippen molar-refractivity contribution in [1.29, 1.82) is 0 Å². The standard InChI is InChI=1S/C25H28N2O3/c1-17-10-12-19(13-11-17)26-22(29)25-15-14-24(4,23(25,2)3)20(16-25)27-30-21(28)18-8-6-5-7-9-18/h5-13H,14-16H2,1-4H3,(H,26,29)/b27-20+. The van der Waals surface area contributed by atoms with Gasteiger partial charge in [-0.15, -0.1) is 0 Å². The molecule has 1 amide bonds. The summed E-state index contributed by atoms with van der Waals surface area (Å²) in [4.78, 5) is 31.1. The molecule has 0 heterocycles. The first-order valence-corrected chi connectivity index (χ1v) is 10.4. The second-order valence-electron chi connectivity index (χ2n) is 9.32. The van der Waals surface area contributed by atoms with Crippen LogP contribution in [0, 0.1) is 23.2 Å². The van der Waals surface area contributed by atoms with Gasteiger partial charge in [-0.2, -0.15) is 0 Å². The summed E-state index contributed by atoms with van der Waals surface area (Å²) in [6, 6.07) is 16.7. The number of hydrogen-bond donors (Lipinski definition) is 1. The van der Waals surface area contributed by atoms with Crippen LogP contribution in [0.2, 0.25) is 0 Å². The van der Waals surface area contributed by atoms with E-state index in [1.54, 1.807) is 24.3 Å². The summed E-state index contributed by atoms with van der Waals surface area (Å²) in [5.41, 5.74) is 2.01. The third-order valence-electron chi connectivity index (χ3n) is 7.73. The van der Waals surface area contributed by atoms with Crippen LogP contribution in [0.5, 0.6) is 0 Å². The van der Waals surface area contributed by atoms with E-state index in [0.29, 0.717) is 12.0 Å². The number of nitrogens with one attached hydrogen (secondary N) is 1. The fourth-order valence-corrected chi connectivity index (χ4v) is 5.13. The smallest absolute Gasteiger partial charge is 0.326 e. The lowest BCUT2D eigenvalue weighted by Gasteiger charge is -2.39. The number of fused-ring (bicyclic) bond motifs is 2. The molecule has 156 valence electrons. The van der Waals surface area contributed by atoms with Crippen LogP contribution in [0.3, 0.4) is 0 Å². The molecule has 2 fully saturated rings. The highest BCUT2D eigenvalue weighted by atomic mass is 16.7. The molecular formula is C25H28N2O3. The maximum absolute atomic E-state index is 13.5. The number of carbonyl (C=O) groups excluding carboxylic acids is 2. The number of benzene rings is 2. The van der Waals surface area contributed by atoms with Crippen molar-refractivity contribution in [2.24, 2.45) is 21.4 Å². The number of amides is 1. The average Bonchev–Trinajstić information content (AvgIpc) is 3.05. The molecule has 0 aromatic heterocycles. The van der Waals surface area contributed by atoms with Crippen LogP contribution in [0.25, 0.3) is 0 Å². The summed E-state index contributed by atoms with van der Waals surface area (Å²) >= 11 is 0. The Morgan fingerprint density at radius 1 is 0.967 bits per heavy atom. The number of carbonyl (C=O) groups is 2. The molecule has 0 spiro atoms. The minimum Gasteiger partial charge on any atom is -0.326 e. The molecule has 2 aliphatic rings. The van der Waals surface area contributed by atoms with E-state index >= 15 is 0 Å². The van der Waals surface area contributed by atoms with E-state index in [0.717, 1.165) is 29.8 Å². The Balaban J connectivity index is 1.58. The lowest BCUT2D eigenvalue weighted by atomic mass is 9.64. The fourth-order valence-electron chi connectivity index (χ4n) is 5.13. The molecule has 5 heteroatoms. The van der Waals surface area contributed by atoms with Crippen LogP contribution < -0.4 is 5.32 Å². The molecule has 0 radical (unpaired) electrons. The van der Waals surface area contributed by atoms with E-state index in [2.05, 4.69) is 31.2 Å². The number of anilines is 1. The number of rotatable bonds is 4. The van der Waals surface area contributed by atoms with Crippen LogP contribution in [-0.2, 0) is 9.63 Å². The van der Waals surface area contributed by atoms with Gasteiger partial charge in [-0.3, -0.25) is 4.79 Å². The third kappa shape index (κ3) is 2.95. The van der Waals surface area contributed by atoms with Crippen molar-refractivity contribution in [3.05, 3.63) is 65.7 Å². The van der Waals surface area contributed by atoms with Gasteiger partial charge in [0.2, 0.25) is 5.91 Å². The highest BCUT2D eigenvalue weighted by Gasteiger charge is 2.71. The Morgan fingerprint density at radius 2 is 1.63 bits per heavy atom. The van der Waals surface area contributed by atoms with Crippen LogP contribution in [0.1, 0.15) is 56.0 Å². The normalized spacial score (nSPS) is 27.8. The summed E-state index contributed by atoms with van der Waals surface area (Å²) in [6.45, 7) is 8.43. The largest absolute Gasteiger partial charge is 0.365 e. The van der Waals surface area contributed by atoms with Gasteiger partial charge in [0.15, 0.2) is 0 Å². The average molecular weight is 405 g/mol. The van der Waals surface area contributed by atoms with Gasteiger partial charge >= 0.3 is 5.97 Å². The SMILES string of the molecule is Cc1ccc(NC(=O)C23CCC(C)(/C(=N/OC(=O)c4ccccc4)C2)C3(C)C)cc1. The van der Waals surface area contributed by atoms with E-state index in [9.17, 15) is 9.59 Å². The first-order valence-electron chi connectivity index (χ1n) is 10.4. The minimum atomic E-state index is -0.579. The topological polar surface area (TPSA) is 67.8 Å². The molecule has 2 aliphatic carbocycles. The number of nitrogens with zero attached hydrogens (tertiary/aromatic N) is 1. The van der Waals surface area contributed by atoms with Gasteiger partial charge in [-0.05, 0) is 49.4 Å². The number of oxime groups is 1. The molecular weight excluding hydrogens is 376 g/mol. The highest BCUT2D eigenvalue weighted by Crippen LogP contribution is 2.71. The minimum absolute atomic E-state index is 0.0136. The molecule has 2 aromatic carbocycles. The molecule has 30 heavy (non-hydrogen) atoms. The lowest BCUT2D eigenvalue weighted by molar-refractivity contribution is -0.130. The molecule has 1 N–H and O–H groups in total. The van der Waals surface area contributed by atoms with Gasteiger partial charge in [-0.25, -0.2) is 4.79 Å². The summed E-state index contributed by atoms with van der Waals surface area (Å²) in [5, 5.41) is 7.39. The van der Waals surface area contributed by atoms with Crippen molar-refractivity contribution in [2.45, 2.75) is 47.0 Å². The summed E-state index contributed by atoms with van der Waals surface area (Å²) in [6.07, 6.45) is 2.12. The predicted molar refractivity (Wildman–Crippen MR) is 117 cm³/mol. The van der Waals surface area contributed by atoms with Crippen LogP contribution in [0.4, 0.5) is 5.69 Å². The molecule has 0 aliphatic heterocycles. The Morgan fingerprint density at radius 3 is 2.30 bits per heavy atom. The van der Waals surface area contributed by atoms with Crippen molar-refractivity contribution in [2.75, 3.05) is 5.32 Å². The molecule has 0 saturated heterocycles. The van der Waals surface area contributed by atoms with Gasteiger partial charge in [0.25, 0.3) is 0 Å². The lowest BCUT2D eigenvalue weighted by Crippen LogP contribution is -2.43. The predicted octanol–water partition coefficient (Wildman–Crippen LogP) is 5.36. The van der Waals surface area contributed by atoms with Crippen molar-refractivity contribution in [1.82, 2.24) is 0 Å². The van der Waals surface area contributed by atoms with Gasteiger partial charge in [-0.1, -0.05) is 61.8 Å². The Kier molecular flexibility index (Phi) is 4.80. The second-order valence-corrected chi connectivity index (χ2v) is 9.32. The van der Waals surface area contributed by atoms with Crippen LogP contribution >= 0.6 is 0 Å². The van der Waals surface area contributed by atoms with Gasteiger partial charge < -0.3 is 10.2 Å². The van der Waals surface area contributed by atoms with Gasteiger partial charge in [0.05, 0.1) is 16.7 Å². The van der Waals surface area contributed by atoms with E-state index in [4.69, 9.17) is 4.84 Å². The van der Waals surface area contributed by atoms with Crippen molar-refractivity contribution in [3.63, 3.8) is 0 Å². The van der Waals surface area contributed by atoms with Crippen LogP contribution in [0.15, 0.2) is 59.8 Å². The zero-order valence-electron chi connectivity index (χ0n) is 18.0. The molecule has 2 bridgehead atoms. The van der Waals surface area contributed by atoms with Gasteiger partial charge in [0, 0.05) is 17.5 Å². The zero-order valence-corrected chi connectivity index (χ0v) is 18.0. The Labute approximate surface area is 177 Å². The molecule has 2 atom stereocenters. The maximum Gasteiger partial charge on any atom is 0.365 e. The molecule has 2 unspecified atom stereocenters. The quantitative estimate of drug-likeness (QED) is 0.551. The van der Waals surface area contributed by atoms with E-state index in [1.807, 2.05) is 37.3 Å². The summed E-state index contributed by atoms with van der Waals surface area (Å²) in [7, 11) is 0. The molecule has 4 rings (SSSR count). The Hall–Kier alpha value is -2.95. The molecule has 2 aromatic rings. The van der Waals surface area contributed by atoms with E-state index < -0.39 is 11.4 Å². The van der Waals surface area contributed by atoms with Crippen molar-refractivity contribution >= 4 is 23.3 Å². The van der Waals surface area contributed by atoms with E-state index in [-0.39, 0.29) is 16.7 Å². The van der Waals surface area contributed by atoms with E-state index in [1.165, 1.54) is 0 Å². The highest BCUT2D eigenvalue weighted by molar-refractivity contribution is 6.06. The second kappa shape index (κ2) is 7.08. The summed E-state index contributed by atoms with van der Waals surface area (Å²) < 4.78 is 0. The summed E-state index contributed by atoms with van der Waals surface area (Å²) in [5.74, 6) is -0.467. The van der Waals surface area contributed by atoms with Crippen LogP contribution in [-0.4, -0.2) is 17.6 Å². The number of hydrogen-bond acceptors (Lipinski definition) is 4. The van der Waals surface area contributed by atoms with Crippen molar-refractivity contribution < 1.29 is 14.4 Å². The first-order chi connectivity index (χ1) is 14.2. The van der Waals surface area contributed by atoms with Gasteiger partial charge in [0.1, 0.15) is 0 Å². The maximum atomic E-state index is 13.5. The first kappa shape index (κ1) is 20.3. The zero-order chi connectivity index (χ0) is 21.6. The Bertz CT molecular complexity index is 1010. The molecule has 5 nitrogen and oxygen atoms in total.